The normalized spacial score (nSPS) is 13.8. The summed E-state index contributed by atoms with van der Waals surface area (Å²) in [6.45, 7) is 5.38. The van der Waals surface area contributed by atoms with E-state index in [4.69, 9.17) is 0 Å². The number of hydrogen-bond acceptors (Lipinski definition) is 4. The van der Waals surface area contributed by atoms with Gasteiger partial charge < -0.3 is 10.6 Å². The zero-order valence-corrected chi connectivity index (χ0v) is 16.3. The standard InChI is InChI=1S/C20H25N3O2S/c1-20(2,3)18(25)21-11-17(24)23-19-22-16(12-26-19)15-9-8-13-6-4-5-7-14(13)10-15/h8-10,12H,4-7,11H2,1-3H3,(H,21,25)(H,22,23,24). The van der Waals surface area contributed by atoms with E-state index in [9.17, 15) is 9.59 Å². The molecule has 0 bridgehead atoms. The van der Waals surface area contributed by atoms with Crippen molar-refractivity contribution in [2.45, 2.75) is 46.5 Å². The lowest BCUT2D eigenvalue weighted by Crippen LogP contribution is -2.39. The molecule has 0 atom stereocenters. The second-order valence-corrected chi connectivity index (χ2v) is 8.57. The Balaban J connectivity index is 1.61. The molecule has 0 spiro atoms. The van der Waals surface area contributed by atoms with Crippen molar-refractivity contribution < 1.29 is 9.59 Å². The fraction of sp³-hybridized carbons (Fsp3) is 0.450. The van der Waals surface area contributed by atoms with E-state index in [1.807, 2.05) is 26.2 Å². The van der Waals surface area contributed by atoms with Crippen LogP contribution in [0.5, 0.6) is 0 Å². The lowest BCUT2D eigenvalue weighted by Gasteiger charge is -2.17. The van der Waals surface area contributed by atoms with Gasteiger partial charge in [0.1, 0.15) is 0 Å². The second-order valence-electron chi connectivity index (χ2n) is 7.71. The predicted molar refractivity (Wildman–Crippen MR) is 105 cm³/mol. The average molecular weight is 372 g/mol. The predicted octanol–water partition coefficient (Wildman–Crippen LogP) is 3.79. The van der Waals surface area contributed by atoms with E-state index >= 15 is 0 Å². The number of thiazole rings is 1. The van der Waals surface area contributed by atoms with Crippen LogP contribution < -0.4 is 10.6 Å². The van der Waals surface area contributed by atoms with E-state index in [0.717, 1.165) is 24.1 Å². The summed E-state index contributed by atoms with van der Waals surface area (Å²) in [6.07, 6.45) is 4.80. The van der Waals surface area contributed by atoms with Gasteiger partial charge in [-0.25, -0.2) is 4.98 Å². The Hall–Kier alpha value is -2.21. The maximum absolute atomic E-state index is 12.0. The van der Waals surface area contributed by atoms with Gasteiger partial charge in [-0.2, -0.15) is 0 Å². The minimum absolute atomic E-state index is 0.0517. The molecule has 1 aromatic carbocycles. The molecule has 0 unspecified atom stereocenters. The number of nitrogens with zero attached hydrogens (tertiary/aromatic N) is 1. The van der Waals surface area contributed by atoms with Crippen molar-refractivity contribution in [3.05, 3.63) is 34.7 Å². The lowest BCUT2D eigenvalue weighted by molar-refractivity contribution is -0.130. The monoisotopic (exact) mass is 371 g/mol. The molecule has 1 aliphatic rings. The van der Waals surface area contributed by atoms with Gasteiger partial charge in [0.15, 0.2) is 5.13 Å². The zero-order valence-electron chi connectivity index (χ0n) is 15.5. The van der Waals surface area contributed by atoms with Crippen molar-refractivity contribution in [1.29, 1.82) is 0 Å². The number of aromatic nitrogens is 1. The molecule has 0 saturated heterocycles. The van der Waals surface area contributed by atoms with Gasteiger partial charge in [-0.05, 0) is 42.9 Å². The van der Waals surface area contributed by atoms with Crippen LogP contribution in [-0.2, 0) is 22.4 Å². The summed E-state index contributed by atoms with van der Waals surface area (Å²) in [6, 6.07) is 6.52. The van der Waals surface area contributed by atoms with Crippen molar-refractivity contribution in [3.63, 3.8) is 0 Å². The molecule has 5 nitrogen and oxygen atoms in total. The third kappa shape index (κ3) is 4.49. The Morgan fingerprint density at radius 1 is 1.15 bits per heavy atom. The molecule has 1 aliphatic carbocycles. The van der Waals surface area contributed by atoms with E-state index in [1.165, 1.54) is 35.3 Å². The number of anilines is 1. The first kappa shape index (κ1) is 18.6. The van der Waals surface area contributed by atoms with Crippen LogP contribution >= 0.6 is 11.3 Å². The van der Waals surface area contributed by atoms with Gasteiger partial charge in [0.05, 0.1) is 12.2 Å². The highest BCUT2D eigenvalue weighted by Crippen LogP contribution is 2.29. The maximum Gasteiger partial charge on any atom is 0.245 e. The van der Waals surface area contributed by atoms with Crippen LogP contribution in [-0.4, -0.2) is 23.3 Å². The number of hydrogen-bond donors (Lipinski definition) is 2. The first-order valence-electron chi connectivity index (χ1n) is 8.99. The van der Waals surface area contributed by atoms with Crippen LogP contribution in [0.4, 0.5) is 5.13 Å². The highest BCUT2D eigenvalue weighted by molar-refractivity contribution is 7.14. The fourth-order valence-corrected chi connectivity index (χ4v) is 3.68. The van der Waals surface area contributed by atoms with Crippen molar-refractivity contribution in [2.24, 2.45) is 5.41 Å². The summed E-state index contributed by atoms with van der Waals surface area (Å²) >= 11 is 1.39. The first-order valence-corrected chi connectivity index (χ1v) is 9.87. The molecule has 0 saturated carbocycles. The van der Waals surface area contributed by atoms with Crippen LogP contribution in [0.25, 0.3) is 11.3 Å². The van der Waals surface area contributed by atoms with Gasteiger partial charge in [0, 0.05) is 16.4 Å². The number of fused-ring (bicyclic) bond motifs is 1. The molecule has 0 fully saturated rings. The quantitative estimate of drug-likeness (QED) is 0.859. The molecule has 0 radical (unpaired) electrons. The van der Waals surface area contributed by atoms with Crippen molar-refractivity contribution in [2.75, 3.05) is 11.9 Å². The van der Waals surface area contributed by atoms with Crippen molar-refractivity contribution in [1.82, 2.24) is 10.3 Å². The van der Waals surface area contributed by atoms with Gasteiger partial charge in [-0.15, -0.1) is 11.3 Å². The van der Waals surface area contributed by atoms with Crippen molar-refractivity contribution in [3.8, 4) is 11.3 Å². The van der Waals surface area contributed by atoms with E-state index in [-0.39, 0.29) is 18.4 Å². The number of nitrogens with one attached hydrogen (secondary N) is 2. The molecule has 26 heavy (non-hydrogen) atoms. The highest BCUT2D eigenvalue weighted by Gasteiger charge is 2.21. The maximum atomic E-state index is 12.0. The average Bonchev–Trinajstić information content (AvgIpc) is 3.06. The van der Waals surface area contributed by atoms with E-state index in [2.05, 4.69) is 33.8 Å². The number of aryl methyl sites for hydroxylation is 2. The van der Waals surface area contributed by atoms with Crippen LogP contribution in [0.2, 0.25) is 0 Å². The van der Waals surface area contributed by atoms with E-state index < -0.39 is 5.41 Å². The Bertz CT molecular complexity index is 821. The minimum Gasteiger partial charge on any atom is -0.347 e. The third-order valence-electron chi connectivity index (χ3n) is 4.49. The Kier molecular flexibility index (Phi) is 5.41. The molecular formula is C20H25N3O2S. The van der Waals surface area contributed by atoms with Crippen LogP contribution in [0.3, 0.4) is 0 Å². The molecular weight excluding hydrogens is 346 g/mol. The van der Waals surface area contributed by atoms with Crippen LogP contribution in [0, 0.1) is 5.41 Å². The number of benzene rings is 1. The minimum atomic E-state index is -0.513. The van der Waals surface area contributed by atoms with Gasteiger partial charge in [0.2, 0.25) is 11.8 Å². The molecule has 2 N–H and O–H groups in total. The second kappa shape index (κ2) is 7.58. The third-order valence-corrected chi connectivity index (χ3v) is 5.24. The Morgan fingerprint density at radius 2 is 1.88 bits per heavy atom. The molecule has 0 aliphatic heterocycles. The van der Waals surface area contributed by atoms with Crippen LogP contribution in [0.1, 0.15) is 44.7 Å². The molecule has 1 aromatic heterocycles. The topological polar surface area (TPSA) is 71.1 Å². The summed E-state index contributed by atoms with van der Waals surface area (Å²) < 4.78 is 0. The summed E-state index contributed by atoms with van der Waals surface area (Å²) in [4.78, 5) is 28.4. The molecule has 3 rings (SSSR count). The highest BCUT2D eigenvalue weighted by atomic mass is 32.1. The zero-order chi connectivity index (χ0) is 18.7. The molecule has 2 aromatic rings. The Morgan fingerprint density at radius 3 is 2.62 bits per heavy atom. The van der Waals surface area contributed by atoms with Gasteiger partial charge in [-0.3, -0.25) is 9.59 Å². The largest absolute Gasteiger partial charge is 0.347 e. The summed E-state index contributed by atoms with van der Waals surface area (Å²) in [5.41, 5.74) is 4.30. The summed E-state index contributed by atoms with van der Waals surface area (Å²) in [5.74, 6) is -0.421. The summed E-state index contributed by atoms with van der Waals surface area (Å²) in [5, 5.41) is 7.90. The number of carbonyl (C=O) groups is 2. The number of amides is 2. The molecule has 6 heteroatoms. The first-order chi connectivity index (χ1) is 12.3. The van der Waals surface area contributed by atoms with Crippen LogP contribution in [0.15, 0.2) is 23.6 Å². The lowest BCUT2D eigenvalue weighted by atomic mass is 9.90. The fourth-order valence-electron chi connectivity index (χ4n) is 2.95. The molecule has 138 valence electrons. The Labute approximate surface area is 158 Å². The van der Waals surface area contributed by atoms with Gasteiger partial charge in [-0.1, -0.05) is 32.9 Å². The van der Waals surface area contributed by atoms with E-state index in [1.54, 1.807) is 0 Å². The molecule has 1 heterocycles. The van der Waals surface area contributed by atoms with Gasteiger partial charge >= 0.3 is 0 Å². The molecule has 2 amide bonds. The van der Waals surface area contributed by atoms with Gasteiger partial charge in [0.25, 0.3) is 0 Å². The number of rotatable bonds is 4. The van der Waals surface area contributed by atoms with E-state index in [0.29, 0.717) is 5.13 Å². The summed E-state index contributed by atoms with van der Waals surface area (Å²) in [7, 11) is 0. The number of carbonyl (C=O) groups excluding carboxylic acids is 2. The SMILES string of the molecule is CC(C)(C)C(=O)NCC(=O)Nc1nc(-c2ccc3c(c2)CCCC3)cs1. The van der Waals surface area contributed by atoms with Crippen molar-refractivity contribution >= 4 is 28.3 Å². The smallest absolute Gasteiger partial charge is 0.245 e.